The Bertz CT molecular complexity index is 54.9. The smallest absolute Gasteiger partial charge is 0.0512 e. The monoisotopic (exact) mass is 131 g/mol. The summed E-state index contributed by atoms with van der Waals surface area (Å²) in [6, 6.07) is 0. The van der Waals surface area contributed by atoms with E-state index in [9.17, 15) is 0 Å². The van der Waals surface area contributed by atoms with Gasteiger partial charge in [0.15, 0.2) is 0 Å². The molecule has 0 saturated heterocycles. The van der Waals surface area contributed by atoms with E-state index in [-0.39, 0.29) is 6.10 Å². The molecule has 0 aliphatic rings. The largest absolute Gasteiger partial charge is 0.393 e. The fourth-order valence-electron chi connectivity index (χ4n) is 0.742. The summed E-state index contributed by atoms with van der Waals surface area (Å²) in [6.45, 7) is 2.89. The molecule has 2 nitrogen and oxygen atoms in total. The molecule has 0 heterocycles. The van der Waals surface area contributed by atoms with Gasteiger partial charge in [0.05, 0.1) is 6.10 Å². The fraction of sp³-hybridized carbons (Fsp3) is 1.00. The van der Waals surface area contributed by atoms with Gasteiger partial charge in [-0.1, -0.05) is 0 Å². The Morgan fingerprint density at radius 3 is 2.56 bits per heavy atom. The van der Waals surface area contributed by atoms with Crippen LogP contribution in [0.1, 0.15) is 26.2 Å². The maximum atomic E-state index is 8.83. The number of nitrogens with one attached hydrogen (secondary N) is 1. The topological polar surface area (TPSA) is 32.3 Å². The molecule has 0 saturated carbocycles. The van der Waals surface area contributed by atoms with Crippen LogP contribution in [0, 0.1) is 0 Å². The van der Waals surface area contributed by atoms with Crippen LogP contribution in [-0.4, -0.2) is 24.8 Å². The maximum Gasteiger partial charge on any atom is 0.0512 e. The third-order valence-corrected chi connectivity index (χ3v) is 1.30. The highest BCUT2D eigenvalue weighted by Crippen LogP contribution is 1.97. The zero-order valence-corrected chi connectivity index (χ0v) is 6.35. The van der Waals surface area contributed by atoms with Crippen LogP contribution in [0.25, 0.3) is 0 Å². The zero-order chi connectivity index (χ0) is 7.11. The summed E-state index contributed by atoms with van der Waals surface area (Å²) in [5.41, 5.74) is 0. The van der Waals surface area contributed by atoms with Crippen molar-refractivity contribution in [3.63, 3.8) is 0 Å². The van der Waals surface area contributed by atoms with E-state index in [4.69, 9.17) is 5.11 Å². The van der Waals surface area contributed by atoms with Gasteiger partial charge in [-0.3, -0.25) is 0 Å². The number of rotatable bonds is 5. The summed E-state index contributed by atoms with van der Waals surface area (Å²) < 4.78 is 0. The molecule has 2 heteroatoms. The van der Waals surface area contributed by atoms with Gasteiger partial charge in [0.2, 0.25) is 0 Å². The first-order valence-electron chi connectivity index (χ1n) is 3.60. The molecule has 0 aliphatic heterocycles. The molecule has 0 aromatic rings. The van der Waals surface area contributed by atoms with Crippen molar-refractivity contribution in [1.82, 2.24) is 5.32 Å². The van der Waals surface area contributed by atoms with E-state index >= 15 is 0 Å². The standard InChI is InChI=1S/C7H17NO/c1-7(9)5-3-4-6-8-2/h7-9H,3-6H2,1-2H3/t7-/m0/s1. The minimum absolute atomic E-state index is 0.123. The highest BCUT2D eigenvalue weighted by atomic mass is 16.3. The van der Waals surface area contributed by atoms with Gasteiger partial charge in [-0.25, -0.2) is 0 Å². The normalized spacial score (nSPS) is 13.7. The minimum atomic E-state index is -0.123. The van der Waals surface area contributed by atoms with Gasteiger partial charge in [0.1, 0.15) is 0 Å². The SMILES string of the molecule is CNCCCC[C@H](C)O. The molecule has 9 heavy (non-hydrogen) atoms. The highest BCUT2D eigenvalue weighted by Gasteiger charge is 1.93. The lowest BCUT2D eigenvalue weighted by Gasteiger charge is -2.01. The Balaban J connectivity index is 2.75. The Labute approximate surface area is 57.3 Å². The Morgan fingerprint density at radius 2 is 2.11 bits per heavy atom. The lowest BCUT2D eigenvalue weighted by molar-refractivity contribution is 0.180. The average molecular weight is 131 g/mol. The number of aliphatic hydroxyl groups is 1. The molecule has 0 aromatic heterocycles. The van der Waals surface area contributed by atoms with Crippen LogP contribution in [0.4, 0.5) is 0 Å². The molecule has 56 valence electrons. The quantitative estimate of drug-likeness (QED) is 0.540. The van der Waals surface area contributed by atoms with Crippen LogP contribution < -0.4 is 5.32 Å². The molecular weight excluding hydrogens is 114 g/mol. The van der Waals surface area contributed by atoms with Crippen molar-refractivity contribution in [3.05, 3.63) is 0 Å². The Hall–Kier alpha value is -0.0800. The third-order valence-electron chi connectivity index (χ3n) is 1.30. The van der Waals surface area contributed by atoms with Crippen molar-refractivity contribution in [1.29, 1.82) is 0 Å². The summed E-state index contributed by atoms with van der Waals surface area (Å²) in [5.74, 6) is 0. The van der Waals surface area contributed by atoms with Gasteiger partial charge in [-0.2, -0.15) is 0 Å². The van der Waals surface area contributed by atoms with Crippen LogP contribution in [-0.2, 0) is 0 Å². The second-order valence-electron chi connectivity index (χ2n) is 2.45. The molecular formula is C7H17NO. The average Bonchev–Trinajstić information content (AvgIpc) is 1.80. The summed E-state index contributed by atoms with van der Waals surface area (Å²) in [7, 11) is 1.95. The third kappa shape index (κ3) is 7.92. The van der Waals surface area contributed by atoms with Crippen LogP contribution >= 0.6 is 0 Å². The lowest BCUT2D eigenvalue weighted by atomic mass is 10.2. The summed E-state index contributed by atoms with van der Waals surface area (Å²) in [5, 5.41) is 11.9. The van der Waals surface area contributed by atoms with Crippen molar-refractivity contribution in [2.24, 2.45) is 0 Å². The van der Waals surface area contributed by atoms with Crippen LogP contribution in [0.15, 0.2) is 0 Å². The second kappa shape index (κ2) is 6.05. The van der Waals surface area contributed by atoms with Crippen molar-refractivity contribution in [3.8, 4) is 0 Å². The molecule has 0 amide bonds. The van der Waals surface area contributed by atoms with Gasteiger partial charge < -0.3 is 10.4 Å². The van der Waals surface area contributed by atoms with Crippen molar-refractivity contribution in [2.45, 2.75) is 32.3 Å². The van der Waals surface area contributed by atoms with Crippen molar-refractivity contribution >= 4 is 0 Å². The second-order valence-corrected chi connectivity index (χ2v) is 2.45. The number of hydrogen-bond acceptors (Lipinski definition) is 2. The molecule has 0 radical (unpaired) electrons. The zero-order valence-electron chi connectivity index (χ0n) is 6.35. The maximum absolute atomic E-state index is 8.83. The lowest BCUT2D eigenvalue weighted by Crippen LogP contribution is -2.08. The van der Waals surface area contributed by atoms with E-state index in [2.05, 4.69) is 5.32 Å². The van der Waals surface area contributed by atoms with Crippen LogP contribution in [0.5, 0.6) is 0 Å². The summed E-state index contributed by atoms with van der Waals surface area (Å²) >= 11 is 0. The van der Waals surface area contributed by atoms with Gasteiger partial charge in [-0.05, 0) is 39.8 Å². The summed E-state index contributed by atoms with van der Waals surface area (Å²) in [6.07, 6.45) is 3.10. The van der Waals surface area contributed by atoms with Crippen LogP contribution in [0.2, 0.25) is 0 Å². The van der Waals surface area contributed by atoms with Gasteiger partial charge in [-0.15, -0.1) is 0 Å². The molecule has 1 atom stereocenters. The van der Waals surface area contributed by atoms with Gasteiger partial charge in [0.25, 0.3) is 0 Å². The van der Waals surface area contributed by atoms with E-state index in [1.165, 1.54) is 6.42 Å². The number of hydrogen-bond donors (Lipinski definition) is 2. The number of unbranched alkanes of at least 4 members (excludes halogenated alkanes) is 1. The molecule has 0 unspecified atom stereocenters. The molecule has 0 aliphatic carbocycles. The summed E-state index contributed by atoms with van der Waals surface area (Å²) in [4.78, 5) is 0. The first kappa shape index (κ1) is 8.92. The Kier molecular flexibility index (Phi) is 5.99. The molecule has 0 bridgehead atoms. The van der Waals surface area contributed by atoms with Crippen molar-refractivity contribution in [2.75, 3.05) is 13.6 Å². The minimum Gasteiger partial charge on any atom is -0.393 e. The Morgan fingerprint density at radius 1 is 1.44 bits per heavy atom. The fourth-order valence-corrected chi connectivity index (χ4v) is 0.742. The predicted octanol–water partition coefficient (Wildman–Crippen LogP) is 0.757. The predicted molar refractivity (Wildman–Crippen MR) is 39.5 cm³/mol. The van der Waals surface area contributed by atoms with Gasteiger partial charge >= 0.3 is 0 Å². The van der Waals surface area contributed by atoms with E-state index in [0.717, 1.165) is 19.4 Å². The van der Waals surface area contributed by atoms with Crippen LogP contribution in [0.3, 0.4) is 0 Å². The van der Waals surface area contributed by atoms with E-state index in [1.54, 1.807) is 0 Å². The van der Waals surface area contributed by atoms with Crippen molar-refractivity contribution < 1.29 is 5.11 Å². The molecule has 0 spiro atoms. The van der Waals surface area contributed by atoms with E-state index in [1.807, 2.05) is 14.0 Å². The molecule has 0 aromatic carbocycles. The molecule has 0 fully saturated rings. The highest BCUT2D eigenvalue weighted by molar-refractivity contribution is 4.48. The number of aliphatic hydroxyl groups excluding tert-OH is 1. The molecule has 0 rings (SSSR count). The first-order chi connectivity index (χ1) is 4.27. The van der Waals surface area contributed by atoms with E-state index in [0.29, 0.717) is 0 Å². The van der Waals surface area contributed by atoms with E-state index < -0.39 is 0 Å². The molecule has 2 N–H and O–H groups in total. The first-order valence-corrected chi connectivity index (χ1v) is 3.60. The van der Waals surface area contributed by atoms with Gasteiger partial charge in [0, 0.05) is 0 Å².